The van der Waals surface area contributed by atoms with E-state index in [0.717, 1.165) is 11.1 Å². The molecule has 1 aliphatic heterocycles. The number of benzene rings is 3. The first-order chi connectivity index (χ1) is 21.7. The first-order valence-corrected chi connectivity index (χ1v) is 16.0. The van der Waals surface area contributed by atoms with E-state index in [2.05, 4.69) is 4.99 Å². The minimum Gasteiger partial charge on any atom is -0.491 e. The van der Waals surface area contributed by atoms with Crippen molar-refractivity contribution in [2.45, 2.75) is 53.4 Å². The zero-order chi connectivity index (χ0) is 32.1. The number of ether oxygens (including phenoxy) is 4. The predicted molar refractivity (Wildman–Crippen MR) is 176 cm³/mol. The van der Waals surface area contributed by atoms with Crippen molar-refractivity contribution in [2.75, 3.05) is 13.2 Å². The van der Waals surface area contributed by atoms with Crippen LogP contribution in [0.1, 0.15) is 57.4 Å². The molecule has 5 rings (SSSR count). The van der Waals surface area contributed by atoms with Crippen molar-refractivity contribution in [1.29, 1.82) is 0 Å². The van der Waals surface area contributed by atoms with Gasteiger partial charge in [0, 0.05) is 16.1 Å². The Bertz CT molecular complexity index is 1930. The number of allylic oxidation sites excluding steroid dienone is 1. The summed E-state index contributed by atoms with van der Waals surface area (Å²) in [5.74, 6) is 1.17. The Morgan fingerprint density at radius 3 is 2.49 bits per heavy atom. The molecule has 8 nitrogen and oxygen atoms in total. The third-order valence-corrected chi connectivity index (χ3v) is 8.35. The van der Waals surface area contributed by atoms with E-state index in [-0.39, 0.29) is 24.9 Å². The molecule has 1 atom stereocenters. The van der Waals surface area contributed by atoms with Gasteiger partial charge in [0.15, 0.2) is 16.3 Å². The van der Waals surface area contributed by atoms with Crippen molar-refractivity contribution in [3.05, 3.63) is 119 Å². The van der Waals surface area contributed by atoms with Crippen LogP contribution in [0.3, 0.4) is 0 Å². The van der Waals surface area contributed by atoms with Crippen LogP contribution in [0, 0.1) is 0 Å². The number of para-hydroxylation sites is 1. The smallest absolute Gasteiger partial charge is 0.338 e. The van der Waals surface area contributed by atoms with Gasteiger partial charge in [-0.05, 0) is 70.5 Å². The predicted octanol–water partition coefficient (Wildman–Crippen LogP) is 6.22. The van der Waals surface area contributed by atoms with Crippen molar-refractivity contribution in [3.63, 3.8) is 0 Å². The Balaban J connectivity index is 1.59. The van der Waals surface area contributed by atoms with Crippen LogP contribution in [0.15, 0.2) is 87.8 Å². The van der Waals surface area contributed by atoms with Crippen molar-refractivity contribution in [3.8, 4) is 17.2 Å². The van der Waals surface area contributed by atoms with E-state index in [1.54, 1.807) is 24.5 Å². The van der Waals surface area contributed by atoms with E-state index in [1.807, 2.05) is 87.5 Å². The minimum atomic E-state index is -0.781. The third kappa shape index (κ3) is 7.00. The summed E-state index contributed by atoms with van der Waals surface area (Å²) in [6.07, 6.45) is 1.68. The Hall–Kier alpha value is -4.34. The number of esters is 1. The average Bonchev–Trinajstić information content (AvgIpc) is 3.31. The van der Waals surface area contributed by atoms with Crippen LogP contribution in [0.5, 0.6) is 17.2 Å². The SMILES string of the molecule is CCOC(=O)C1=C(C)N=c2s/c(=C/c3ccc(OCc4ccccc4Cl)c(OCC)c3)c(=O)n2[C@H]1c1ccccc1OC(C)C. The Morgan fingerprint density at radius 2 is 1.76 bits per heavy atom. The molecule has 0 radical (unpaired) electrons. The summed E-state index contributed by atoms with van der Waals surface area (Å²) in [4.78, 5) is 32.6. The molecule has 0 bridgehead atoms. The van der Waals surface area contributed by atoms with Crippen molar-refractivity contribution >= 4 is 35.0 Å². The molecule has 0 fully saturated rings. The van der Waals surface area contributed by atoms with Gasteiger partial charge >= 0.3 is 5.97 Å². The molecule has 45 heavy (non-hydrogen) atoms. The molecule has 0 saturated heterocycles. The molecule has 1 aromatic heterocycles. The Kier molecular flexibility index (Phi) is 10.1. The number of carbonyl (C=O) groups excluding carboxylic acids is 1. The number of thiazole rings is 1. The van der Waals surface area contributed by atoms with E-state index in [1.165, 1.54) is 11.3 Å². The number of rotatable bonds is 11. The second kappa shape index (κ2) is 14.2. The number of aromatic nitrogens is 1. The van der Waals surface area contributed by atoms with Crippen molar-refractivity contribution in [1.82, 2.24) is 4.57 Å². The average molecular weight is 647 g/mol. The second-order valence-corrected chi connectivity index (χ2v) is 11.9. The third-order valence-electron chi connectivity index (χ3n) is 7.00. The molecule has 10 heteroatoms. The number of fused-ring (bicyclic) bond motifs is 1. The first-order valence-electron chi connectivity index (χ1n) is 14.8. The summed E-state index contributed by atoms with van der Waals surface area (Å²) in [7, 11) is 0. The van der Waals surface area contributed by atoms with Crippen LogP contribution >= 0.6 is 22.9 Å². The summed E-state index contributed by atoms with van der Waals surface area (Å²) in [5.41, 5.74) is 2.79. The second-order valence-electron chi connectivity index (χ2n) is 10.5. The van der Waals surface area contributed by atoms with Crippen molar-refractivity contribution < 1.29 is 23.7 Å². The van der Waals surface area contributed by atoms with Gasteiger partial charge in [0.2, 0.25) is 0 Å². The van der Waals surface area contributed by atoms with Crippen LogP contribution < -0.4 is 29.1 Å². The number of nitrogens with zero attached hydrogens (tertiary/aromatic N) is 2. The fourth-order valence-electron chi connectivity index (χ4n) is 5.08. The van der Waals surface area contributed by atoms with Gasteiger partial charge in [-0.3, -0.25) is 9.36 Å². The minimum absolute atomic E-state index is 0.116. The lowest BCUT2D eigenvalue weighted by Crippen LogP contribution is -2.40. The van der Waals surface area contributed by atoms with Crippen molar-refractivity contribution in [2.24, 2.45) is 4.99 Å². The Morgan fingerprint density at radius 1 is 1.00 bits per heavy atom. The molecule has 0 spiro atoms. The van der Waals surface area contributed by atoms with Gasteiger partial charge in [-0.15, -0.1) is 0 Å². The molecule has 1 aliphatic rings. The maximum absolute atomic E-state index is 14.1. The Labute approximate surface area is 270 Å². The van der Waals surface area contributed by atoms with Crippen LogP contribution in [0.4, 0.5) is 0 Å². The van der Waals surface area contributed by atoms with E-state index in [4.69, 9.17) is 30.5 Å². The van der Waals surface area contributed by atoms with Gasteiger partial charge in [-0.1, -0.05) is 65.4 Å². The fraction of sp³-hybridized carbons (Fsp3) is 0.286. The van der Waals surface area contributed by atoms with Crippen LogP contribution in [0.25, 0.3) is 6.08 Å². The lowest BCUT2D eigenvalue weighted by atomic mass is 9.95. The number of carbonyl (C=O) groups is 1. The monoisotopic (exact) mass is 646 g/mol. The molecule has 3 aromatic carbocycles. The van der Waals surface area contributed by atoms with Crippen LogP contribution in [0.2, 0.25) is 5.02 Å². The molecule has 234 valence electrons. The summed E-state index contributed by atoms with van der Waals surface area (Å²) < 4.78 is 25.5. The molecular formula is C35H35ClN2O6S. The number of hydrogen-bond donors (Lipinski definition) is 0. The molecule has 0 saturated carbocycles. The molecule has 2 heterocycles. The summed E-state index contributed by atoms with van der Waals surface area (Å²) in [6, 6.07) is 19.7. The van der Waals surface area contributed by atoms with E-state index >= 15 is 0 Å². The standard InChI is InChI=1S/C35H35ClN2O6S/c1-6-41-29-18-23(16-17-28(29)43-20-24-12-8-10-14-26(24)36)19-30-33(39)38-32(25-13-9-11-15-27(25)44-21(3)4)31(34(40)42-7-2)22(5)37-35(38)45-30/h8-19,21,32H,6-7,20H2,1-5H3/b30-19+/t32-/m0/s1. The van der Waals surface area contributed by atoms with Crippen LogP contribution in [-0.2, 0) is 16.1 Å². The molecule has 0 N–H and O–H groups in total. The van der Waals surface area contributed by atoms with Gasteiger partial charge in [0.1, 0.15) is 18.4 Å². The lowest BCUT2D eigenvalue weighted by Gasteiger charge is -2.26. The van der Waals surface area contributed by atoms with Gasteiger partial charge in [0.05, 0.1) is 35.1 Å². The lowest BCUT2D eigenvalue weighted by molar-refractivity contribution is -0.139. The maximum Gasteiger partial charge on any atom is 0.338 e. The highest BCUT2D eigenvalue weighted by molar-refractivity contribution is 7.07. The zero-order valence-electron chi connectivity index (χ0n) is 25.8. The molecule has 0 unspecified atom stereocenters. The first kappa shape index (κ1) is 32.1. The zero-order valence-corrected chi connectivity index (χ0v) is 27.4. The van der Waals surface area contributed by atoms with Crippen LogP contribution in [-0.4, -0.2) is 29.9 Å². The summed E-state index contributed by atoms with van der Waals surface area (Å²) in [6.45, 7) is 10.2. The molecule has 0 amide bonds. The fourth-order valence-corrected chi connectivity index (χ4v) is 6.31. The topological polar surface area (TPSA) is 88.4 Å². The van der Waals surface area contributed by atoms with E-state index in [9.17, 15) is 9.59 Å². The normalized spacial score (nSPS) is 14.6. The highest BCUT2D eigenvalue weighted by atomic mass is 35.5. The largest absolute Gasteiger partial charge is 0.491 e. The quantitative estimate of drug-likeness (QED) is 0.180. The van der Waals surface area contributed by atoms with Gasteiger partial charge in [-0.25, -0.2) is 9.79 Å². The molecule has 4 aromatic rings. The highest BCUT2D eigenvalue weighted by Gasteiger charge is 2.35. The van der Waals surface area contributed by atoms with E-state index < -0.39 is 12.0 Å². The van der Waals surface area contributed by atoms with E-state index in [0.29, 0.717) is 55.0 Å². The maximum atomic E-state index is 14.1. The number of hydrogen-bond acceptors (Lipinski definition) is 8. The van der Waals surface area contributed by atoms with Gasteiger partial charge in [-0.2, -0.15) is 0 Å². The highest BCUT2D eigenvalue weighted by Crippen LogP contribution is 2.36. The molecular weight excluding hydrogens is 612 g/mol. The summed E-state index contributed by atoms with van der Waals surface area (Å²) >= 11 is 7.56. The molecule has 0 aliphatic carbocycles. The van der Waals surface area contributed by atoms with Gasteiger partial charge < -0.3 is 18.9 Å². The number of halogens is 1. The van der Waals surface area contributed by atoms with Gasteiger partial charge in [0.25, 0.3) is 5.56 Å². The summed E-state index contributed by atoms with van der Waals surface area (Å²) in [5, 5.41) is 0.625.